The van der Waals surface area contributed by atoms with E-state index in [0.717, 1.165) is 22.2 Å². The lowest BCUT2D eigenvalue weighted by atomic mass is 9.97. The number of nitrogens with zero attached hydrogens (tertiary/aromatic N) is 3. The van der Waals surface area contributed by atoms with Gasteiger partial charge in [0, 0.05) is 37.1 Å². The quantitative estimate of drug-likeness (QED) is 0.604. The first-order valence-electron chi connectivity index (χ1n) is 10.2. The van der Waals surface area contributed by atoms with Crippen LogP contribution < -0.4 is 10.6 Å². The molecule has 3 heterocycles. The van der Waals surface area contributed by atoms with E-state index in [4.69, 9.17) is 16.3 Å². The fraction of sp³-hybridized carbons (Fsp3) is 0.500. The van der Waals surface area contributed by atoms with Gasteiger partial charge in [0.25, 0.3) is 5.91 Å². The summed E-state index contributed by atoms with van der Waals surface area (Å²) in [6.45, 7) is 3.74. The predicted molar refractivity (Wildman–Crippen MR) is 117 cm³/mol. The van der Waals surface area contributed by atoms with Crippen LogP contribution in [0.5, 0.6) is 0 Å². The second-order valence-electron chi connectivity index (χ2n) is 7.71. The van der Waals surface area contributed by atoms with Crippen molar-refractivity contribution in [1.29, 1.82) is 0 Å². The molecule has 2 aliphatic heterocycles. The lowest BCUT2D eigenvalue weighted by Gasteiger charge is -2.33. The number of amides is 1. The highest BCUT2D eigenvalue weighted by Gasteiger charge is 2.47. The number of aromatic nitrogens is 2. The van der Waals surface area contributed by atoms with Gasteiger partial charge in [-0.2, -0.15) is 18.3 Å². The van der Waals surface area contributed by atoms with E-state index >= 15 is 0 Å². The minimum atomic E-state index is -4.55. The number of ether oxygens (including phenoxy) is 1. The minimum Gasteiger partial charge on any atom is -0.379 e. The molecular weight excluding hydrogens is 515 g/mol. The Kier molecular flexibility index (Phi) is 6.99. The van der Waals surface area contributed by atoms with E-state index in [-0.39, 0.29) is 23.0 Å². The van der Waals surface area contributed by atoms with Crippen molar-refractivity contribution in [3.63, 3.8) is 0 Å². The van der Waals surface area contributed by atoms with Gasteiger partial charge in [0.05, 0.1) is 19.3 Å². The Hall–Kier alpha value is -1.82. The number of fused-ring (bicyclic) bond motifs is 1. The molecule has 2 aliphatic rings. The second kappa shape index (κ2) is 9.58. The molecule has 0 unspecified atom stereocenters. The summed E-state index contributed by atoms with van der Waals surface area (Å²) in [6.07, 6.45) is -4.82. The van der Waals surface area contributed by atoms with Crippen LogP contribution in [0, 0.1) is 0 Å². The van der Waals surface area contributed by atoms with Crippen molar-refractivity contribution < 1.29 is 22.7 Å². The Bertz CT molecular complexity index is 963. The van der Waals surface area contributed by atoms with Gasteiger partial charge in [0.1, 0.15) is 10.8 Å². The van der Waals surface area contributed by atoms with E-state index in [2.05, 4.69) is 36.6 Å². The standard InChI is InChI=1S/C20H22BrClF3N5O2/c21-13-3-1-12(2-4-13)14-11-15(20(23,24)25)30-18(27-14)16(22)17(28-30)19(31)26-5-6-29-7-9-32-10-8-29/h1-4,14-15,27H,5-11H2,(H,26,31)/t14-,15-/m0/s1. The SMILES string of the molecule is O=C(NCCN1CCOCC1)c1nn2c(c1Cl)N[C@H](c1ccc(Br)cc1)C[C@H]2C(F)(F)F. The van der Waals surface area contributed by atoms with Crippen LogP contribution in [0.4, 0.5) is 19.0 Å². The zero-order valence-electron chi connectivity index (χ0n) is 17.0. The van der Waals surface area contributed by atoms with Crippen molar-refractivity contribution >= 4 is 39.3 Å². The maximum atomic E-state index is 13.9. The number of hydrogen-bond donors (Lipinski definition) is 2. The second-order valence-corrected chi connectivity index (χ2v) is 9.00. The molecule has 174 valence electrons. The lowest BCUT2D eigenvalue weighted by Crippen LogP contribution is -2.41. The molecule has 1 saturated heterocycles. The molecule has 7 nitrogen and oxygen atoms in total. The van der Waals surface area contributed by atoms with Crippen molar-refractivity contribution in [3.05, 3.63) is 45.0 Å². The van der Waals surface area contributed by atoms with Crippen molar-refractivity contribution in [3.8, 4) is 0 Å². The summed E-state index contributed by atoms with van der Waals surface area (Å²) in [7, 11) is 0. The maximum absolute atomic E-state index is 13.9. The molecule has 2 N–H and O–H groups in total. The Morgan fingerprint density at radius 1 is 1.28 bits per heavy atom. The van der Waals surface area contributed by atoms with E-state index in [9.17, 15) is 18.0 Å². The molecule has 1 aromatic carbocycles. The number of hydrogen-bond acceptors (Lipinski definition) is 5. The molecule has 12 heteroatoms. The third-order valence-electron chi connectivity index (χ3n) is 5.60. The number of anilines is 1. The van der Waals surface area contributed by atoms with E-state index in [1.165, 1.54) is 0 Å². The van der Waals surface area contributed by atoms with Crippen LogP contribution in [-0.4, -0.2) is 66.2 Å². The normalized spacial score (nSPS) is 21.7. The Labute approximate surface area is 196 Å². The van der Waals surface area contributed by atoms with Gasteiger partial charge in [-0.05, 0) is 17.7 Å². The molecule has 2 atom stereocenters. The molecule has 1 fully saturated rings. The first-order valence-corrected chi connectivity index (χ1v) is 11.4. The monoisotopic (exact) mass is 535 g/mol. The van der Waals surface area contributed by atoms with Crippen LogP contribution in [0.1, 0.15) is 34.6 Å². The van der Waals surface area contributed by atoms with Gasteiger partial charge in [-0.25, -0.2) is 4.68 Å². The summed E-state index contributed by atoms with van der Waals surface area (Å²) in [5.74, 6) is -0.612. The van der Waals surface area contributed by atoms with Gasteiger partial charge in [-0.3, -0.25) is 9.69 Å². The van der Waals surface area contributed by atoms with Crippen molar-refractivity contribution in [1.82, 2.24) is 20.0 Å². The first-order chi connectivity index (χ1) is 15.2. The van der Waals surface area contributed by atoms with Crippen LogP contribution in [0.3, 0.4) is 0 Å². The number of halogens is 5. The maximum Gasteiger partial charge on any atom is 0.410 e. The van der Waals surface area contributed by atoms with Gasteiger partial charge in [-0.15, -0.1) is 0 Å². The molecule has 1 amide bonds. The van der Waals surface area contributed by atoms with Crippen molar-refractivity contribution in [2.45, 2.75) is 24.7 Å². The number of carbonyl (C=O) groups is 1. The zero-order chi connectivity index (χ0) is 22.9. The average Bonchev–Trinajstić information content (AvgIpc) is 3.10. The number of carbonyl (C=O) groups excluding carboxylic acids is 1. The number of rotatable bonds is 5. The van der Waals surface area contributed by atoms with Crippen LogP contribution in [-0.2, 0) is 4.74 Å². The van der Waals surface area contributed by atoms with Crippen LogP contribution >= 0.6 is 27.5 Å². The van der Waals surface area contributed by atoms with Gasteiger partial charge >= 0.3 is 6.18 Å². The summed E-state index contributed by atoms with van der Waals surface area (Å²) in [6, 6.07) is 4.48. The molecule has 0 saturated carbocycles. The molecule has 2 aromatic rings. The molecule has 0 bridgehead atoms. The van der Waals surface area contributed by atoms with Crippen LogP contribution in [0.25, 0.3) is 0 Å². The number of morpholine rings is 1. The number of alkyl halides is 3. The highest BCUT2D eigenvalue weighted by molar-refractivity contribution is 9.10. The topological polar surface area (TPSA) is 71.4 Å². The van der Waals surface area contributed by atoms with Crippen molar-refractivity contribution in [2.24, 2.45) is 0 Å². The highest BCUT2D eigenvalue weighted by Crippen LogP contribution is 2.46. The average molecular weight is 537 g/mol. The number of benzene rings is 1. The lowest BCUT2D eigenvalue weighted by molar-refractivity contribution is -0.173. The van der Waals surface area contributed by atoms with E-state index < -0.39 is 24.2 Å². The van der Waals surface area contributed by atoms with Crippen LogP contribution in [0.2, 0.25) is 5.02 Å². The van der Waals surface area contributed by atoms with Gasteiger partial charge < -0.3 is 15.4 Å². The Morgan fingerprint density at radius 2 is 1.97 bits per heavy atom. The Balaban J connectivity index is 1.53. The van der Waals surface area contributed by atoms with Gasteiger partial charge in [-0.1, -0.05) is 39.7 Å². The highest BCUT2D eigenvalue weighted by atomic mass is 79.9. The fourth-order valence-corrected chi connectivity index (χ4v) is 4.41. The van der Waals surface area contributed by atoms with Gasteiger partial charge in [0.15, 0.2) is 11.7 Å². The summed E-state index contributed by atoms with van der Waals surface area (Å²) < 4.78 is 48.5. The molecule has 4 rings (SSSR count). The molecule has 0 spiro atoms. The van der Waals surface area contributed by atoms with Gasteiger partial charge in [0.2, 0.25) is 0 Å². The number of nitrogens with one attached hydrogen (secondary N) is 2. The fourth-order valence-electron chi connectivity index (χ4n) is 3.88. The molecule has 1 aromatic heterocycles. The van der Waals surface area contributed by atoms with E-state index in [1.807, 2.05) is 0 Å². The minimum absolute atomic E-state index is 0.00788. The molecular formula is C20H22BrClF3N5O2. The van der Waals surface area contributed by atoms with E-state index in [0.29, 0.717) is 31.9 Å². The summed E-state index contributed by atoms with van der Waals surface area (Å²) in [5, 5.41) is 9.57. The summed E-state index contributed by atoms with van der Waals surface area (Å²) in [5.41, 5.74) is 0.462. The Morgan fingerprint density at radius 3 is 2.62 bits per heavy atom. The molecule has 32 heavy (non-hydrogen) atoms. The first kappa shape index (κ1) is 23.3. The summed E-state index contributed by atoms with van der Waals surface area (Å²) in [4.78, 5) is 14.8. The third kappa shape index (κ3) is 5.05. The van der Waals surface area contributed by atoms with E-state index in [1.54, 1.807) is 24.3 Å². The van der Waals surface area contributed by atoms with Crippen LogP contribution in [0.15, 0.2) is 28.7 Å². The molecule has 0 aliphatic carbocycles. The molecule has 0 radical (unpaired) electrons. The zero-order valence-corrected chi connectivity index (χ0v) is 19.3. The summed E-state index contributed by atoms with van der Waals surface area (Å²) >= 11 is 9.68. The largest absolute Gasteiger partial charge is 0.410 e. The smallest absolute Gasteiger partial charge is 0.379 e. The van der Waals surface area contributed by atoms with Crippen molar-refractivity contribution in [2.75, 3.05) is 44.7 Å². The third-order valence-corrected chi connectivity index (χ3v) is 6.49. The predicted octanol–water partition coefficient (Wildman–Crippen LogP) is 4.02.